The van der Waals surface area contributed by atoms with Gasteiger partial charge >= 0.3 is 0 Å². The molecule has 0 amide bonds. The lowest BCUT2D eigenvalue weighted by Crippen LogP contribution is -2.11. The lowest BCUT2D eigenvalue weighted by molar-refractivity contribution is 0.165. The van der Waals surface area contributed by atoms with Gasteiger partial charge in [-0.1, -0.05) is 0 Å². The average Bonchev–Trinajstić information content (AvgIpc) is 2.85. The first-order chi connectivity index (χ1) is 8.78. The number of aromatic nitrogens is 3. The summed E-state index contributed by atoms with van der Waals surface area (Å²) in [6.45, 7) is 2.92. The molecule has 2 aromatic rings. The molecule has 0 fully saturated rings. The Morgan fingerprint density at radius 1 is 1.28 bits per heavy atom. The molecule has 0 radical (unpaired) electrons. The van der Waals surface area contributed by atoms with Gasteiger partial charge in [-0.05, 0) is 43.0 Å². The van der Waals surface area contributed by atoms with Crippen LogP contribution in [0.15, 0.2) is 36.9 Å². The highest BCUT2D eigenvalue weighted by Gasteiger charge is 2.07. The van der Waals surface area contributed by atoms with Crippen molar-refractivity contribution < 1.29 is 5.11 Å². The molecule has 0 aromatic carbocycles. The fourth-order valence-corrected chi connectivity index (χ4v) is 1.94. The Morgan fingerprint density at radius 3 is 2.72 bits per heavy atom. The van der Waals surface area contributed by atoms with Crippen LogP contribution in [0.2, 0.25) is 0 Å². The first kappa shape index (κ1) is 12.8. The summed E-state index contributed by atoms with van der Waals surface area (Å²) in [5.74, 6) is 0. The Bertz CT molecular complexity index is 467. The van der Waals surface area contributed by atoms with Gasteiger partial charge in [0.2, 0.25) is 0 Å². The molecule has 1 unspecified atom stereocenters. The maximum Gasteiger partial charge on any atom is 0.0584 e. The lowest BCUT2D eigenvalue weighted by atomic mass is 10.0. The molecule has 0 saturated carbocycles. The highest BCUT2D eigenvalue weighted by Crippen LogP contribution is 2.09. The third kappa shape index (κ3) is 3.67. The maximum atomic E-state index is 9.99. The van der Waals surface area contributed by atoms with Crippen LogP contribution in [-0.2, 0) is 19.4 Å². The second-order valence-electron chi connectivity index (χ2n) is 4.46. The normalized spacial score (nSPS) is 12.6. The molecule has 0 aliphatic carbocycles. The topological polar surface area (TPSA) is 50.9 Å². The number of aryl methyl sites for hydroxylation is 2. The summed E-state index contributed by atoms with van der Waals surface area (Å²) in [6.07, 6.45) is 9.40. The number of hydrogen-bond donors (Lipinski definition) is 1. The van der Waals surface area contributed by atoms with Crippen molar-refractivity contribution in [2.24, 2.45) is 0 Å². The Morgan fingerprint density at radius 2 is 2.06 bits per heavy atom. The lowest BCUT2D eigenvalue weighted by Gasteiger charge is -2.08. The van der Waals surface area contributed by atoms with Crippen LogP contribution >= 0.6 is 0 Å². The van der Waals surface area contributed by atoms with E-state index in [2.05, 4.69) is 17.0 Å². The Hall–Kier alpha value is -1.68. The minimum atomic E-state index is -0.312. The molecule has 18 heavy (non-hydrogen) atoms. The van der Waals surface area contributed by atoms with Crippen LogP contribution in [0, 0.1) is 0 Å². The van der Waals surface area contributed by atoms with Crippen molar-refractivity contribution in [1.29, 1.82) is 0 Å². The van der Waals surface area contributed by atoms with Crippen molar-refractivity contribution in [3.8, 4) is 0 Å². The number of aliphatic hydroxyl groups excluding tert-OH is 1. The standard InChI is InChI=1S/C14H19N3O/c1-2-17-11-13(10-16-17)9-14(18)4-3-12-5-7-15-8-6-12/h5-8,10-11,14,18H,2-4,9H2,1H3. The quantitative estimate of drug-likeness (QED) is 0.844. The average molecular weight is 245 g/mol. The number of hydrogen-bond acceptors (Lipinski definition) is 3. The molecule has 2 rings (SSSR count). The molecular formula is C14H19N3O. The molecular weight excluding hydrogens is 226 g/mol. The van der Waals surface area contributed by atoms with Crippen LogP contribution in [0.3, 0.4) is 0 Å². The van der Waals surface area contributed by atoms with Gasteiger partial charge in [0.25, 0.3) is 0 Å². The van der Waals surface area contributed by atoms with E-state index >= 15 is 0 Å². The van der Waals surface area contributed by atoms with E-state index in [1.807, 2.05) is 29.2 Å². The van der Waals surface area contributed by atoms with Gasteiger partial charge in [0, 0.05) is 31.6 Å². The maximum absolute atomic E-state index is 9.99. The second kappa shape index (κ2) is 6.31. The number of rotatable bonds is 6. The van der Waals surface area contributed by atoms with Crippen molar-refractivity contribution in [3.63, 3.8) is 0 Å². The van der Waals surface area contributed by atoms with E-state index in [0.29, 0.717) is 6.42 Å². The minimum Gasteiger partial charge on any atom is -0.393 e. The van der Waals surface area contributed by atoms with Crippen LogP contribution in [0.5, 0.6) is 0 Å². The SMILES string of the molecule is CCn1cc(CC(O)CCc2ccncc2)cn1. The summed E-state index contributed by atoms with van der Waals surface area (Å²) in [6, 6.07) is 3.98. The van der Waals surface area contributed by atoms with E-state index in [1.54, 1.807) is 12.4 Å². The van der Waals surface area contributed by atoms with E-state index in [4.69, 9.17) is 0 Å². The van der Waals surface area contributed by atoms with E-state index < -0.39 is 0 Å². The number of nitrogens with zero attached hydrogens (tertiary/aromatic N) is 3. The van der Waals surface area contributed by atoms with Crippen molar-refractivity contribution in [3.05, 3.63) is 48.0 Å². The molecule has 0 aliphatic rings. The third-order valence-corrected chi connectivity index (χ3v) is 3.00. The molecule has 4 nitrogen and oxygen atoms in total. The van der Waals surface area contributed by atoms with Crippen LogP contribution in [-0.4, -0.2) is 26.0 Å². The highest BCUT2D eigenvalue weighted by molar-refractivity contribution is 5.10. The van der Waals surface area contributed by atoms with E-state index in [1.165, 1.54) is 5.56 Å². The van der Waals surface area contributed by atoms with Gasteiger partial charge in [0.1, 0.15) is 0 Å². The first-order valence-electron chi connectivity index (χ1n) is 6.36. The first-order valence-corrected chi connectivity index (χ1v) is 6.36. The molecule has 96 valence electrons. The van der Waals surface area contributed by atoms with Crippen molar-refractivity contribution in [2.45, 2.75) is 38.8 Å². The molecule has 0 aliphatic heterocycles. The largest absolute Gasteiger partial charge is 0.393 e. The zero-order valence-electron chi connectivity index (χ0n) is 10.7. The Balaban J connectivity index is 1.80. The molecule has 1 atom stereocenters. The molecule has 0 saturated heterocycles. The summed E-state index contributed by atoms with van der Waals surface area (Å²) in [4.78, 5) is 3.98. The van der Waals surface area contributed by atoms with E-state index in [-0.39, 0.29) is 6.10 Å². The van der Waals surface area contributed by atoms with E-state index in [0.717, 1.165) is 24.9 Å². The smallest absolute Gasteiger partial charge is 0.0584 e. The van der Waals surface area contributed by atoms with Gasteiger partial charge in [-0.2, -0.15) is 5.10 Å². The molecule has 0 bridgehead atoms. The van der Waals surface area contributed by atoms with Crippen LogP contribution in [0.1, 0.15) is 24.5 Å². The van der Waals surface area contributed by atoms with Gasteiger partial charge in [-0.25, -0.2) is 0 Å². The zero-order valence-corrected chi connectivity index (χ0v) is 10.7. The van der Waals surface area contributed by atoms with Gasteiger partial charge in [-0.3, -0.25) is 9.67 Å². The minimum absolute atomic E-state index is 0.312. The monoisotopic (exact) mass is 245 g/mol. The summed E-state index contributed by atoms with van der Waals surface area (Å²) < 4.78 is 1.88. The molecule has 1 N–H and O–H groups in total. The molecule has 2 aromatic heterocycles. The van der Waals surface area contributed by atoms with Crippen molar-refractivity contribution in [2.75, 3.05) is 0 Å². The summed E-state index contributed by atoms with van der Waals surface area (Å²) in [5.41, 5.74) is 2.31. The van der Waals surface area contributed by atoms with Crippen molar-refractivity contribution in [1.82, 2.24) is 14.8 Å². The van der Waals surface area contributed by atoms with Gasteiger partial charge in [0.15, 0.2) is 0 Å². The number of aliphatic hydroxyl groups is 1. The van der Waals surface area contributed by atoms with Gasteiger partial charge in [-0.15, -0.1) is 0 Å². The van der Waals surface area contributed by atoms with Crippen LogP contribution < -0.4 is 0 Å². The Kier molecular flexibility index (Phi) is 4.47. The fourth-order valence-electron chi connectivity index (χ4n) is 1.94. The molecule has 4 heteroatoms. The Labute approximate surface area is 107 Å². The van der Waals surface area contributed by atoms with E-state index in [9.17, 15) is 5.11 Å². The van der Waals surface area contributed by atoms with Crippen LogP contribution in [0.25, 0.3) is 0 Å². The number of pyridine rings is 1. The zero-order chi connectivity index (χ0) is 12.8. The van der Waals surface area contributed by atoms with Gasteiger partial charge in [0.05, 0.1) is 12.3 Å². The van der Waals surface area contributed by atoms with Crippen LogP contribution in [0.4, 0.5) is 0 Å². The van der Waals surface area contributed by atoms with Crippen molar-refractivity contribution >= 4 is 0 Å². The molecule has 2 heterocycles. The molecule has 0 spiro atoms. The predicted molar refractivity (Wildman–Crippen MR) is 70.2 cm³/mol. The second-order valence-corrected chi connectivity index (χ2v) is 4.46. The highest BCUT2D eigenvalue weighted by atomic mass is 16.3. The fraction of sp³-hybridized carbons (Fsp3) is 0.429. The summed E-state index contributed by atoms with van der Waals surface area (Å²) in [5, 5.41) is 14.2. The summed E-state index contributed by atoms with van der Waals surface area (Å²) in [7, 11) is 0. The summed E-state index contributed by atoms with van der Waals surface area (Å²) >= 11 is 0. The van der Waals surface area contributed by atoms with Gasteiger partial charge < -0.3 is 5.11 Å². The third-order valence-electron chi connectivity index (χ3n) is 3.00. The predicted octanol–water partition coefficient (Wildman–Crippen LogP) is 1.83.